The molecule has 0 N–H and O–H groups in total. The quantitative estimate of drug-likeness (QED) is 0.565. The van der Waals surface area contributed by atoms with Gasteiger partial charge in [0.1, 0.15) is 6.10 Å². The Kier molecular flexibility index (Phi) is 4.16. The normalized spacial score (nSPS) is 18.2. The summed E-state index contributed by atoms with van der Waals surface area (Å²) in [6.07, 6.45) is 5.34. The number of hydrogen-bond acceptors (Lipinski definition) is 2. The molecule has 74 valence electrons. The Bertz CT molecular complexity index is 183. The van der Waals surface area contributed by atoms with Gasteiger partial charge in [-0.1, -0.05) is 6.08 Å². The Labute approximate surface area is 80.0 Å². The van der Waals surface area contributed by atoms with Crippen molar-refractivity contribution in [2.75, 3.05) is 6.61 Å². The molecular formula is C11H18O2. The highest BCUT2D eigenvalue weighted by molar-refractivity contribution is 5.83. The molecule has 1 aliphatic rings. The van der Waals surface area contributed by atoms with Crippen LogP contribution in [0.4, 0.5) is 0 Å². The lowest BCUT2D eigenvalue weighted by Gasteiger charge is -2.14. The number of Topliss-reactive ketones (excluding diaryl/α,β-unsaturated/α-hetero) is 1. The summed E-state index contributed by atoms with van der Waals surface area (Å²) in [4.78, 5) is 11.6. The molecule has 1 unspecified atom stereocenters. The Morgan fingerprint density at radius 3 is 2.85 bits per heavy atom. The molecule has 0 amide bonds. The van der Waals surface area contributed by atoms with Gasteiger partial charge >= 0.3 is 0 Å². The van der Waals surface area contributed by atoms with Crippen LogP contribution in [0.1, 0.15) is 32.6 Å². The van der Waals surface area contributed by atoms with E-state index in [0.29, 0.717) is 18.9 Å². The Balaban J connectivity index is 2.33. The second kappa shape index (κ2) is 5.18. The number of rotatable bonds is 7. The Morgan fingerprint density at radius 2 is 2.38 bits per heavy atom. The highest BCUT2D eigenvalue weighted by atomic mass is 16.5. The second-order valence-corrected chi connectivity index (χ2v) is 3.51. The van der Waals surface area contributed by atoms with Crippen molar-refractivity contribution < 1.29 is 9.53 Å². The molecule has 1 rings (SSSR count). The first-order valence-corrected chi connectivity index (χ1v) is 5.04. The van der Waals surface area contributed by atoms with Gasteiger partial charge in [-0.3, -0.25) is 4.79 Å². The molecular weight excluding hydrogens is 164 g/mol. The van der Waals surface area contributed by atoms with E-state index in [0.717, 1.165) is 19.3 Å². The van der Waals surface area contributed by atoms with Crippen molar-refractivity contribution in [2.24, 2.45) is 5.92 Å². The molecule has 0 aromatic carbocycles. The largest absolute Gasteiger partial charge is 0.370 e. The number of carbonyl (C=O) groups excluding carboxylic acids is 1. The summed E-state index contributed by atoms with van der Waals surface area (Å²) in [6.45, 7) is 6.19. The summed E-state index contributed by atoms with van der Waals surface area (Å²) in [5.74, 6) is 0.765. The Hall–Kier alpha value is -0.630. The molecule has 0 aliphatic heterocycles. The highest BCUT2D eigenvalue weighted by Crippen LogP contribution is 2.35. The van der Waals surface area contributed by atoms with Crippen molar-refractivity contribution in [1.82, 2.24) is 0 Å². The average molecular weight is 182 g/mol. The fourth-order valence-electron chi connectivity index (χ4n) is 1.46. The van der Waals surface area contributed by atoms with Crippen LogP contribution in [-0.4, -0.2) is 18.5 Å². The van der Waals surface area contributed by atoms with Crippen molar-refractivity contribution in [3.63, 3.8) is 0 Å². The van der Waals surface area contributed by atoms with E-state index in [1.54, 1.807) is 6.08 Å². The van der Waals surface area contributed by atoms with Gasteiger partial charge in [0.15, 0.2) is 5.78 Å². The third kappa shape index (κ3) is 3.31. The lowest BCUT2D eigenvalue weighted by Crippen LogP contribution is -2.26. The minimum absolute atomic E-state index is 0.120. The Morgan fingerprint density at radius 1 is 1.69 bits per heavy atom. The van der Waals surface area contributed by atoms with Gasteiger partial charge in [-0.2, -0.15) is 0 Å². The van der Waals surface area contributed by atoms with Gasteiger partial charge in [0.05, 0.1) is 0 Å². The number of allylic oxidation sites excluding steroid dienone is 1. The summed E-state index contributed by atoms with van der Waals surface area (Å²) in [5, 5.41) is 0. The molecule has 1 saturated carbocycles. The third-order valence-corrected chi connectivity index (χ3v) is 2.31. The van der Waals surface area contributed by atoms with Gasteiger partial charge in [-0.25, -0.2) is 0 Å². The van der Waals surface area contributed by atoms with E-state index in [4.69, 9.17) is 4.74 Å². The first kappa shape index (κ1) is 10.5. The maximum absolute atomic E-state index is 11.6. The van der Waals surface area contributed by atoms with Crippen molar-refractivity contribution in [1.29, 1.82) is 0 Å². The number of ketones is 1. The van der Waals surface area contributed by atoms with E-state index < -0.39 is 0 Å². The molecule has 1 aliphatic carbocycles. The lowest BCUT2D eigenvalue weighted by atomic mass is 10.1. The molecule has 0 saturated heterocycles. The summed E-state index contributed by atoms with van der Waals surface area (Å²) in [7, 11) is 0. The second-order valence-electron chi connectivity index (χ2n) is 3.51. The molecule has 0 spiro atoms. The summed E-state index contributed by atoms with van der Waals surface area (Å²) >= 11 is 0. The van der Waals surface area contributed by atoms with E-state index >= 15 is 0 Å². The van der Waals surface area contributed by atoms with E-state index in [-0.39, 0.29) is 11.9 Å². The van der Waals surface area contributed by atoms with Crippen molar-refractivity contribution in [3.05, 3.63) is 12.7 Å². The zero-order valence-corrected chi connectivity index (χ0v) is 8.29. The molecule has 1 fully saturated rings. The van der Waals surface area contributed by atoms with E-state index in [2.05, 4.69) is 6.58 Å². The van der Waals surface area contributed by atoms with Crippen LogP contribution >= 0.6 is 0 Å². The van der Waals surface area contributed by atoms with Gasteiger partial charge in [0, 0.05) is 13.0 Å². The van der Waals surface area contributed by atoms with Gasteiger partial charge in [-0.15, -0.1) is 6.58 Å². The minimum atomic E-state index is -0.120. The molecule has 2 nitrogen and oxygen atoms in total. The first-order valence-electron chi connectivity index (χ1n) is 5.04. The smallest absolute Gasteiger partial charge is 0.162 e. The van der Waals surface area contributed by atoms with Crippen molar-refractivity contribution in [3.8, 4) is 0 Å². The topological polar surface area (TPSA) is 26.3 Å². The van der Waals surface area contributed by atoms with Crippen LogP contribution in [0.3, 0.4) is 0 Å². The van der Waals surface area contributed by atoms with Crippen LogP contribution in [0.25, 0.3) is 0 Å². The predicted octanol–water partition coefficient (Wildman–Crippen LogP) is 2.34. The third-order valence-electron chi connectivity index (χ3n) is 2.31. The molecule has 2 heteroatoms. The number of carbonyl (C=O) groups is 1. The molecule has 13 heavy (non-hydrogen) atoms. The van der Waals surface area contributed by atoms with Gasteiger partial charge in [-0.05, 0) is 32.1 Å². The zero-order valence-electron chi connectivity index (χ0n) is 8.29. The van der Waals surface area contributed by atoms with Crippen LogP contribution in [0.15, 0.2) is 12.7 Å². The van der Waals surface area contributed by atoms with Gasteiger partial charge in [0.2, 0.25) is 0 Å². The lowest BCUT2D eigenvalue weighted by molar-refractivity contribution is -0.131. The molecule has 1 atom stereocenters. The summed E-state index contributed by atoms with van der Waals surface area (Å²) in [6, 6.07) is 0. The van der Waals surface area contributed by atoms with Crippen LogP contribution < -0.4 is 0 Å². The first-order chi connectivity index (χ1) is 6.29. The fourth-order valence-corrected chi connectivity index (χ4v) is 1.46. The highest BCUT2D eigenvalue weighted by Gasteiger charge is 2.35. The van der Waals surface area contributed by atoms with Crippen LogP contribution in [-0.2, 0) is 9.53 Å². The summed E-state index contributed by atoms with van der Waals surface area (Å²) in [5.41, 5.74) is 0. The molecule has 0 heterocycles. The maximum Gasteiger partial charge on any atom is 0.162 e. The number of hydrogen-bond donors (Lipinski definition) is 0. The van der Waals surface area contributed by atoms with E-state index in [1.807, 2.05) is 6.92 Å². The maximum atomic E-state index is 11.6. The monoisotopic (exact) mass is 182 g/mol. The van der Waals surface area contributed by atoms with Crippen LogP contribution in [0.2, 0.25) is 0 Å². The summed E-state index contributed by atoms with van der Waals surface area (Å²) < 4.78 is 5.44. The van der Waals surface area contributed by atoms with Gasteiger partial charge < -0.3 is 4.74 Å². The number of ether oxygens (including phenoxy) is 1. The van der Waals surface area contributed by atoms with Crippen molar-refractivity contribution >= 4 is 5.78 Å². The predicted molar refractivity (Wildman–Crippen MR) is 52.6 cm³/mol. The molecule has 0 radical (unpaired) electrons. The average Bonchev–Trinajstić information content (AvgIpc) is 2.93. The molecule has 0 aromatic heterocycles. The fraction of sp³-hybridized carbons (Fsp3) is 0.727. The van der Waals surface area contributed by atoms with E-state index in [9.17, 15) is 4.79 Å². The molecule has 0 bridgehead atoms. The van der Waals surface area contributed by atoms with Gasteiger partial charge in [0.25, 0.3) is 0 Å². The standard InChI is InChI=1S/C11H18O2/c1-3-5-6-10(12)11(13-4-2)9-7-8-9/h3,9,11H,1,4-8H2,2H3. The zero-order chi connectivity index (χ0) is 9.68. The van der Waals surface area contributed by atoms with Crippen LogP contribution in [0.5, 0.6) is 0 Å². The van der Waals surface area contributed by atoms with Crippen molar-refractivity contribution in [2.45, 2.75) is 38.7 Å². The van der Waals surface area contributed by atoms with Crippen LogP contribution in [0, 0.1) is 5.92 Å². The SMILES string of the molecule is C=CCCC(=O)C(OCC)C1CC1. The molecule has 0 aromatic rings. The van der Waals surface area contributed by atoms with E-state index in [1.165, 1.54) is 0 Å². The minimum Gasteiger partial charge on any atom is -0.370 e.